The number of hydrogen-bond acceptors (Lipinski definition) is 8. The van der Waals surface area contributed by atoms with E-state index >= 15 is 0 Å². The normalized spacial score (nSPS) is 19.3. The Bertz CT molecular complexity index is 1380. The molecule has 1 amide bonds. The van der Waals surface area contributed by atoms with Gasteiger partial charge in [-0.25, -0.2) is 8.42 Å². The Labute approximate surface area is 228 Å². The second-order valence-corrected chi connectivity index (χ2v) is 13.9. The van der Waals surface area contributed by atoms with Crippen molar-refractivity contribution in [2.75, 3.05) is 25.0 Å². The topological polar surface area (TPSA) is 129 Å². The van der Waals surface area contributed by atoms with E-state index in [-0.39, 0.29) is 46.5 Å². The molecule has 0 aliphatic carbocycles. The first-order valence-corrected chi connectivity index (χ1v) is 15.0. The third kappa shape index (κ3) is 5.50. The molecule has 1 saturated heterocycles. The SMILES string of the molecule is CCOC(=O)C1CCN(S(=O)(=O)c2ccc(C(=O)Nc3sc4c(c3C#N)CC(C)(C)NC4(C)C)cc2)CC1. The first-order valence-electron chi connectivity index (χ1n) is 12.7. The van der Waals surface area contributed by atoms with Gasteiger partial charge in [0.15, 0.2) is 0 Å². The van der Waals surface area contributed by atoms with E-state index in [1.807, 2.05) is 0 Å². The number of nitriles is 1. The molecule has 2 N–H and O–H groups in total. The fourth-order valence-corrected chi connectivity index (χ4v) is 8.12. The minimum absolute atomic E-state index is 0.0861. The highest BCUT2D eigenvalue weighted by Gasteiger charge is 2.40. The highest BCUT2D eigenvalue weighted by molar-refractivity contribution is 7.89. The van der Waals surface area contributed by atoms with Crippen LogP contribution in [0, 0.1) is 17.2 Å². The van der Waals surface area contributed by atoms with Crippen LogP contribution in [0.3, 0.4) is 0 Å². The van der Waals surface area contributed by atoms with E-state index in [1.54, 1.807) is 6.92 Å². The average Bonchev–Trinajstić information content (AvgIpc) is 3.20. The van der Waals surface area contributed by atoms with Gasteiger partial charge >= 0.3 is 5.97 Å². The van der Waals surface area contributed by atoms with Crippen LogP contribution in [-0.2, 0) is 31.5 Å². The molecule has 3 heterocycles. The number of sulfonamides is 1. The summed E-state index contributed by atoms with van der Waals surface area (Å²) in [5.74, 6) is -0.986. The lowest BCUT2D eigenvalue weighted by atomic mass is 9.81. The molecular formula is C27H34N4O5S2. The van der Waals surface area contributed by atoms with Crippen molar-refractivity contribution in [3.05, 3.63) is 45.8 Å². The molecule has 9 nitrogen and oxygen atoms in total. The molecule has 0 spiro atoms. The maximum absolute atomic E-state index is 13.1. The van der Waals surface area contributed by atoms with Crippen LogP contribution in [0.2, 0.25) is 0 Å². The van der Waals surface area contributed by atoms with Crippen LogP contribution in [-0.4, -0.2) is 49.8 Å². The molecule has 1 aromatic heterocycles. The number of anilines is 1. The van der Waals surface area contributed by atoms with E-state index in [1.165, 1.54) is 39.9 Å². The molecule has 1 aromatic carbocycles. The second-order valence-electron chi connectivity index (χ2n) is 10.9. The Balaban J connectivity index is 1.48. The number of piperidine rings is 1. The number of hydrogen-bond donors (Lipinski definition) is 2. The van der Waals surface area contributed by atoms with Gasteiger partial charge in [-0.05, 0) is 83.7 Å². The Morgan fingerprint density at radius 1 is 1.18 bits per heavy atom. The minimum atomic E-state index is -3.76. The Morgan fingerprint density at radius 3 is 2.39 bits per heavy atom. The monoisotopic (exact) mass is 558 g/mol. The lowest BCUT2D eigenvalue weighted by molar-refractivity contribution is -0.149. The van der Waals surface area contributed by atoms with Crippen molar-refractivity contribution in [1.29, 1.82) is 5.26 Å². The summed E-state index contributed by atoms with van der Waals surface area (Å²) < 4.78 is 32.7. The molecule has 204 valence electrons. The van der Waals surface area contributed by atoms with Gasteiger partial charge in [-0.1, -0.05) is 0 Å². The molecule has 0 saturated carbocycles. The van der Waals surface area contributed by atoms with Gasteiger partial charge in [-0.3, -0.25) is 9.59 Å². The maximum Gasteiger partial charge on any atom is 0.309 e. The Morgan fingerprint density at radius 2 is 1.82 bits per heavy atom. The fraction of sp³-hybridized carbons (Fsp3) is 0.519. The van der Waals surface area contributed by atoms with E-state index in [2.05, 4.69) is 44.4 Å². The van der Waals surface area contributed by atoms with Crippen LogP contribution in [0.1, 0.15) is 73.8 Å². The maximum atomic E-state index is 13.1. The van der Waals surface area contributed by atoms with E-state index in [4.69, 9.17) is 4.74 Å². The van der Waals surface area contributed by atoms with Crippen molar-refractivity contribution in [3.8, 4) is 6.07 Å². The summed E-state index contributed by atoms with van der Waals surface area (Å²) in [6, 6.07) is 8.06. The van der Waals surface area contributed by atoms with Gasteiger partial charge in [0.2, 0.25) is 10.0 Å². The lowest BCUT2D eigenvalue weighted by Crippen LogP contribution is -2.54. The quantitative estimate of drug-likeness (QED) is 0.513. The summed E-state index contributed by atoms with van der Waals surface area (Å²) in [7, 11) is -3.76. The van der Waals surface area contributed by atoms with Crippen LogP contribution < -0.4 is 10.6 Å². The third-order valence-electron chi connectivity index (χ3n) is 7.01. The minimum Gasteiger partial charge on any atom is -0.466 e. The number of amides is 1. The zero-order valence-electron chi connectivity index (χ0n) is 22.4. The van der Waals surface area contributed by atoms with Gasteiger partial charge in [0.05, 0.1) is 23.0 Å². The number of ether oxygens (including phenoxy) is 1. The molecule has 2 aromatic rings. The number of nitrogens with zero attached hydrogens (tertiary/aromatic N) is 2. The summed E-state index contributed by atoms with van der Waals surface area (Å²) >= 11 is 1.40. The number of esters is 1. The van der Waals surface area contributed by atoms with Gasteiger partial charge in [0.25, 0.3) is 5.91 Å². The summed E-state index contributed by atoms with van der Waals surface area (Å²) in [6.45, 7) is 10.8. The summed E-state index contributed by atoms with van der Waals surface area (Å²) in [5.41, 5.74) is 1.18. The standard InChI is InChI=1S/C27H34N4O5S2/c1-6-36-25(33)18-11-13-31(14-12-18)38(34,35)19-9-7-17(8-10-19)23(32)29-24-21(16-28)20-15-26(2,3)30-27(4,5)22(20)37-24/h7-10,18,30H,6,11-15H2,1-5H3,(H,29,32). The van der Waals surface area contributed by atoms with Crippen molar-refractivity contribution in [3.63, 3.8) is 0 Å². The molecule has 2 aliphatic rings. The molecule has 0 radical (unpaired) electrons. The van der Waals surface area contributed by atoms with Gasteiger partial charge in [-0.2, -0.15) is 9.57 Å². The van der Waals surface area contributed by atoms with Crippen molar-refractivity contribution in [2.24, 2.45) is 5.92 Å². The molecule has 1 fully saturated rings. The highest BCUT2D eigenvalue weighted by Crippen LogP contribution is 2.44. The van der Waals surface area contributed by atoms with Crippen molar-refractivity contribution in [1.82, 2.24) is 9.62 Å². The number of carbonyl (C=O) groups is 2. The molecule has 0 atom stereocenters. The zero-order valence-corrected chi connectivity index (χ0v) is 24.0. The molecule has 4 rings (SSSR count). The number of fused-ring (bicyclic) bond motifs is 1. The van der Waals surface area contributed by atoms with E-state index in [9.17, 15) is 23.3 Å². The zero-order chi connectivity index (χ0) is 27.9. The van der Waals surface area contributed by atoms with Crippen LogP contribution in [0.5, 0.6) is 0 Å². The van der Waals surface area contributed by atoms with Crippen LogP contribution >= 0.6 is 11.3 Å². The number of thiophene rings is 1. The van der Waals surface area contributed by atoms with E-state index < -0.39 is 15.9 Å². The summed E-state index contributed by atoms with van der Waals surface area (Å²) in [6.07, 6.45) is 1.49. The number of benzene rings is 1. The average molecular weight is 559 g/mol. The number of nitrogens with one attached hydrogen (secondary N) is 2. The number of carbonyl (C=O) groups excluding carboxylic acids is 2. The van der Waals surface area contributed by atoms with E-state index in [0.29, 0.717) is 36.4 Å². The van der Waals surface area contributed by atoms with Crippen LogP contribution in [0.25, 0.3) is 0 Å². The van der Waals surface area contributed by atoms with Crippen LogP contribution in [0.15, 0.2) is 29.2 Å². The first-order chi connectivity index (χ1) is 17.8. The van der Waals surface area contributed by atoms with Gasteiger partial charge < -0.3 is 15.4 Å². The van der Waals surface area contributed by atoms with Crippen molar-refractivity contribution < 1.29 is 22.7 Å². The van der Waals surface area contributed by atoms with Crippen LogP contribution in [0.4, 0.5) is 5.00 Å². The molecule has 0 bridgehead atoms. The molecule has 38 heavy (non-hydrogen) atoms. The van der Waals surface area contributed by atoms with E-state index in [0.717, 1.165) is 10.4 Å². The first kappa shape index (κ1) is 28.2. The molecule has 2 aliphatic heterocycles. The van der Waals surface area contributed by atoms with Crippen molar-refractivity contribution >= 4 is 38.2 Å². The van der Waals surface area contributed by atoms with Gasteiger partial charge in [-0.15, -0.1) is 11.3 Å². The summed E-state index contributed by atoms with van der Waals surface area (Å²) in [4.78, 5) is 26.1. The predicted molar refractivity (Wildman–Crippen MR) is 145 cm³/mol. The van der Waals surface area contributed by atoms with Gasteiger partial charge in [0, 0.05) is 34.6 Å². The largest absolute Gasteiger partial charge is 0.466 e. The fourth-order valence-electron chi connectivity index (χ4n) is 5.43. The Kier molecular flexibility index (Phi) is 7.74. The predicted octanol–water partition coefficient (Wildman–Crippen LogP) is 4.00. The lowest BCUT2D eigenvalue weighted by Gasteiger charge is -2.42. The van der Waals surface area contributed by atoms with Crippen molar-refractivity contribution in [2.45, 2.75) is 69.9 Å². The molecule has 11 heteroatoms. The summed E-state index contributed by atoms with van der Waals surface area (Å²) in [5, 5.41) is 16.9. The smallest absolute Gasteiger partial charge is 0.309 e. The van der Waals surface area contributed by atoms with Gasteiger partial charge in [0.1, 0.15) is 11.1 Å². The second kappa shape index (κ2) is 10.4. The third-order valence-corrected chi connectivity index (χ3v) is 10.4. The number of rotatable bonds is 6. The molecule has 0 unspecified atom stereocenters. The highest BCUT2D eigenvalue weighted by atomic mass is 32.2. The molecular weight excluding hydrogens is 524 g/mol. The Hall–Kier alpha value is -2.78.